The number of nitrogens with zero attached hydrogens (tertiary/aromatic N) is 2. The number of carbonyl (C=O) groups is 1. The van der Waals surface area contributed by atoms with Crippen molar-refractivity contribution < 1.29 is 4.79 Å². The lowest BCUT2D eigenvalue weighted by atomic mass is 9.96. The fourth-order valence-electron chi connectivity index (χ4n) is 3.65. The number of rotatable bonds is 2. The zero-order valence-electron chi connectivity index (χ0n) is 12.0. The van der Waals surface area contributed by atoms with Crippen LogP contribution in [0.4, 0.5) is 0 Å². The van der Waals surface area contributed by atoms with E-state index >= 15 is 0 Å². The summed E-state index contributed by atoms with van der Waals surface area (Å²) in [6.45, 7) is 3.41. The first-order valence-corrected chi connectivity index (χ1v) is 7.66. The van der Waals surface area contributed by atoms with Crippen molar-refractivity contribution >= 4 is 16.8 Å². The molecule has 1 amide bonds. The molecule has 3 heterocycles. The fraction of sp³-hybridized carbons (Fsp3) is 0.412. The third-order valence-corrected chi connectivity index (χ3v) is 4.67. The lowest BCUT2D eigenvalue weighted by molar-refractivity contribution is 0.0909. The second kappa shape index (κ2) is 5.11. The van der Waals surface area contributed by atoms with E-state index in [1.807, 2.05) is 30.3 Å². The number of hydrogen-bond donors (Lipinski definition) is 1. The van der Waals surface area contributed by atoms with Gasteiger partial charge in [-0.1, -0.05) is 6.07 Å². The second-order valence-electron chi connectivity index (χ2n) is 6.23. The molecule has 1 aromatic heterocycles. The molecule has 2 aliphatic rings. The van der Waals surface area contributed by atoms with Crippen molar-refractivity contribution in [2.45, 2.75) is 18.9 Å². The third-order valence-electron chi connectivity index (χ3n) is 4.67. The number of pyridine rings is 1. The van der Waals surface area contributed by atoms with E-state index < -0.39 is 0 Å². The van der Waals surface area contributed by atoms with Gasteiger partial charge in [0.2, 0.25) is 0 Å². The zero-order valence-corrected chi connectivity index (χ0v) is 12.0. The van der Waals surface area contributed by atoms with E-state index in [1.165, 1.54) is 19.5 Å². The van der Waals surface area contributed by atoms with Crippen LogP contribution in [-0.2, 0) is 0 Å². The molecule has 1 unspecified atom stereocenters. The summed E-state index contributed by atoms with van der Waals surface area (Å²) in [4.78, 5) is 19.2. The van der Waals surface area contributed by atoms with Gasteiger partial charge in [-0.15, -0.1) is 0 Å². The first-order chi connectivity index (χ1) is 10.3. The molecule has 2 bridgehead atoms. The van der Waals surface area contributed by atoms with Gasteiger partial charge in [0.05, 0.1) is 5.52 Å². The van der Waals surface area contributed by atoms with Crippen LogP contribution in [0.3, 0.4) is 0 Å². The molecule has 0 radical (unpaired) electrons. The fourth-order valence-corrected chi connectivity index (χ4v) is 3.65. The van der Waals surface area contributed by atoms with E-state index in [1.54, 1.807) is 6.20 Å². The molecular formula is C17H19N3O. The number of fused-ring (bicyclic) bond motifs is 3. The van der Waals surface area contributed by atoms with E-state index in [9.17, 15) is 4.79 Å². The number of nitrogens with one attached hydrogen (secondary N) is 1. The number of carbonyl (C=O) groups excluding carboxylic acids is 1. The van der Waals surface area contributed by atoms with Crippen molar-refractivity contribution in [1.82, 2.24) is 15.2 Å². The molecule has 3 atom stereocenters. The molecule has 4 nitrogen and oxygen atoms in total. The number of benzene rings is 1. The summed E-state index contributed by atoms with van der Waals surface area (Å²) in [5.41, 5.74) is 1.65. The van der Waals surface area contributed by atoms with Crippen LogP contribution in [0.5, 0.6) is 0 Å². The summed E-state index contributed by atoms with van der Waals surface area (Å²) in [7, 11) is 0. The molecule has 1 N–H and O–H groups in total. The smallest absolute Gasteiger partial charge is 0.251 e. The summed E-state index contributed by atoms with van der Waals surface area (Å²) in [6, 6.07) is 9.89. The minimum absolute atomic E-state index is 0.0354. The predicted molar refractivity (Wildman–Crippen MR) is 82.2 cm³/mol. The quantitative estimate of drug-likeness (QED) is 0.916. The molecule has 2 fully saturated rings. The van der Waals surface area contributed by atoms with E-state index in [2.05, 4.69) is 15.2 Å². The molecule has 0 saturated carbocycles. The van der Waals surface area contributed by atoms with Crippen molar-refractivity contribution in [2.75, 3.05) is 19.6 Å². The van der Waals surface area contributed by atoms with Gasteiger partial charge in [0.25, 0.3) is 5.91 Å². The highest BCUT2D eigenvalue weighted by molar-refractivity contribution is 5.98. The maximum Gasteiger partial charge on any atom is 0.251 e. The molecule has 0 aliphatic carbocycles. The zero-order chi connectivity index (χ0) is 14.2. The number of aromatic nitrogens is 1. The molecule has 4 heteroatoms. The van der Waals surface area contributed by atoms with E-state index in [4.69, 9.17) is 0 Å². The molecule has 108 valence electrons. The molecule has 21 heavy (non-hydrogen) atoms. The summed E-state index contributed by atoms with van der Waals surface area (Å²) in [5.74, 6) is 0.804. The number of amides is 1. The van der Waals surface area contributed by atoms with Gasteiger partial charge in [-0.25, -0.2) is 0 Å². The average Bonchev–Trinajstić information content (AvgIpc) is 2.85. The van der Waals surface area contributed by atoms with Crippen LogP contribution in [-0.4, -0.2) is 41.5 Å². The Balaban J connectivity index is 1.50. The number of piperidine rings is 1. The van der Waals surface area contributed by atoms with Crippen molar-refractivity contribution in [1.29, 1.82) is 0 Å². The van der Waals surface area contributed by atoms with Crippen molar-refractivity contribution in [3.63, 3.8) is 0 Å². The number of hydrogen-bond acceptors (Lipinski definition) is 3. The van der Waals surface area contributed by atoms with Gasteiger partial charge in [-0.05, 0) is 49.6 Å². The van der Waals surface area contributed by atoms with E-state index in [0.717, 1.165) is 35.3 Å². The van der Waals surface area contributed by atoms with Crippen LogP contribution in [0, 0.1) is 5.92 Å². The lowest BCUT2D eigenvalue weighted by Crippen LogP contribution is -2.47. The van der Waals surface area contributed by atoms with Crippen LogP contribution >= 0.6 is 0 Å². The first-order valence-electron chi connectivity index (χ1n) is 7.66. The van der Waals surface area contributed by atoms with Gasteiger partial charge in [0, 0.05) is 36.3 Å². The molecule has 0 spiro atoms. The highest BCUT2D eigenvalue weighted by atomic mass is 16.1. The van der Waals surface area contributed by atoms with Gasteiger partial charge in [0.1, 0.15) is 0 Å². The Bertz CT molecular complexity index is 673. The van der Waals surface area contributed by atoms with E-state index in [-0.39, 0.29) is 5.91 Å². The molecule has 2 aliphatic heterocycles. The van der Waals surface area contributed by atoms with Crippen LogP contribution in [0.1, 0.15) is 23.2 Å². The molecular weight excluding hydrogens is 262 g/mol. The third kappa shape index (κ3) is 2.51. The predicted octanol–water partition coefficient (Wildman–Crippen LogP) is 2.06. The van der Waals surface area contributed by atoms with Gasteiger partial charge in [-0.2, -0.15) is 0 Å². The molecule has 2 saturated heterocycles. The largest absolute Gasteiger partial charge is 0.348 e. The van der Waals surface area contributed by atoms with Crippen molar-refractivity contribution in [3.05, 3.63) is 42.1 Å². The molecule has 1 aromatic carbocycles. The highest BCUT2D eigenvalue weighted by Crippen LogP contribution is 2.26. The Kier molecular flexibility index (Phi) is 3.11. The Morgan fingerprint density at radius 2 is 2.24 bits per heavy atom. The maximum atomic E-state index is 12.4. The molecule has 4 rings (SSSR count). The topological polar surface area (TPSA) is 45.2 Å². The lowest BCUT2D eigenvalue weighted by Gasteiger charge is -2.30. The van der Waals surface area contributed by atoms with Gasteiger partial charge in [0.15, 0.2) is 0 Å². The summed E-state index contributed by atoms with van der Waals surface area (Å²) >= 11 is 0. The molecule has 2 aromatic rings. The minimum atomic E-state index is 0.0354. The van der Waals surface area contributed by atoms with E-state index in [0.29, 0.717) is 6.04 Å². The van der Waals surface area contributed by atoms with Crippen molar-refractivity contribution in [3.8, 4) is 0 Å². The minimum Gasteiger partial charge on any atom is -0.348 e. The summed E-state index contributed by atoms with van der Waals surface area (Å²) in [5, 5.41) is 4.21. The second-order valence-corrected chi connectivity index (χ2v) is 6.23. The maximum absolute atomic E-state index is 12.4. The van der Waals surface area contributed by atoms with Crippen LogP contribution in [0.15, 0.2) is 36.5 Å². The van der Waals surface area contributed by atoms with Crippen LogP contribution in [0.25, 0.3) is 10.9 Å². The Morgan fingerprint density at radius 3 is 3.14 bits per heavy atom. The highest BCUT2D eigenvalue weighted by Gasteiger charge is 2.32. The van der Waals surface area contributed by atoms with Crippen LogP contribution in [0.2, 0.25) is 0 Å². The van der Waals surface area contributed by atoms with Gasteiger partial charge >= 0.3 is 0 Å². The van der Waals surface area contributed by atoms with Crippen molar-refractivity contribution in [2.24, 2.45) is 5.92 Å². The summed E-state index contributed by atoms with van der Waals surface area (Å²) < 4.78 is 0. The average molecular weight is 281 g/mol. The first kappa shape index (κ1) is 12.8. The standard InChI is InChI=1S/C17H19N3O/c21-17(19-15-8-12-5-7-20(10-12)11-15)14-3-4-16-13(9-14)2-1-6-18-16/h1-4,6,9,12,15H,5,7-8,10-11H2,(H,19,21)/t12-,15-/m1/s1. The van der Waals surface area contributed by atoms with Gasteiger partial charge < -0.3 is 10.2 Å². The Hall–Kier alpha value is -1.94. The van der Waals surface area contributed by atoms with Crippen LogP contribution < -0.4 is 5.32 Å². The summed E-state index contributed by atoms with van der Waals surface area (Å²) in [6.07, 6.45) is 4.18. The Labute approximate surface area is 124 Å². The van der Waals surface area contributed by atoms with Gasteiger partial charge in [-0.3, -0.25) is 9.78 Å². The monoisotopic (exact) mass is 281 g/mol. The normalized spacial score (nSPS) is 27.7. The SMILES string of the molecule is O=C(N[C@@H]1C[C@H]2CCN(C2)C1)c1ccc2ncccc2c1. The Morgan fingerprint density at radius 1 is 1.29 bits per heavy atom.